The quantitative estimate of drug-likeness (QED) is 0.392. The van der Waals surface area contributed by atoms with Crippen molar-refractivity contribution >= 4 is 46.9 Å². The Labute approximate surface area is 171 Å². The van der Waals surface area contributed by atoms with Gasteiger partial charge in [0, 0.05) is 42.0 Å². The Kier molecular flexibility index (Phi) is 6.51. The van der Waals surface area contributed by atoms with Gasteiger partial charge in [0.15, 0.2) is 0 Å². The largest absolute Gasteiger partial charge is 0.364 e. The van der Waals surface area contributed by atoms with Crippen LogP contribution in [0.2, 0.25) is 10.0 Å². The SMILES string of the molecule is O=C(C=Cc1cnc(N[C@@H]2CCN(C(=O)c3cccc(Cl)c3)C2)c(Cl)c1)NO. The van der Waals surface area contributed by atoms with Gasteiger partial charge in [0.2, 0.25) is 0 Å². The highest BCUT2D eigenvalue weighted by molar-refractivity contribution is 6.33. The van der Waals surface area contributed by atoms with Crippen molar-refractivity contribution < 1.29 is 14.8 Å². The molecule has 28 heavy (non-hydrogen) atoms. The van der Waals surface area contributed by atoms with Crippen LogP contribution >= 0.6 is 23.2 Å². The van der Waals surface area contributed by atoms with E-state index in [0.717, 1.165) is 12.5 Å². The first kappa shape index (κ1) is 20.1. The first-order valence-electron chi connectivity index (χ1n) is 8.55. The van der Waals surface area contributed by atoms with Crippen LogP contribution < -0.4 is 10.8 Å². The molecule has 0 saturated carbocycles. The van der Waals surface area contributed by atoms with Gasteiger partial charge in [0.05, 0.1) is 5.02 Å². The van der Waals surface area contributed by atoms with Crippen molar-refractivity contribution in [1.82, 2.24) is 15.4 Å². The van der Waals surface area contributed by atoms with Crippen LogP contribution in [-0.4, -0.2) is 46.0 Å². The molecule has 3 N–H and O–H groups in total. The molecule has 0 spiro atoms. The molecule has 2 amide bonds. The maximum atomic E-state index is 12.6. The lowest BCUT2D eigenvalue weighted by Gasteiger charge is -2.18. The smallest absolute Gasteiger partial charge is 0.267 e. The van der Waals surface area contributed by atoms with Crippen LogP contribution in [0.3, 0.4) is 0 Å². The Balaban J connectivity index is 1.61. The van der Waals surface area contributed by atoms with Crippen molar-refractivity contribution in [2.45, 2.75) is 12.5 Å². The fourth-order valence-electron chi connectivity index (χ4n) is 2.92. The van der Waals surface area contributed by atoms with E-state index in [-0.39, 0.29) is 11.9 Å². The third-order valence-electron chi connectivity index (χ3n) is 4.29. The van der Waals surface area contributed by atoms with E-state index >= 15 is 0 Å². The van der Waals surface area contributed by atoms with Gasteiger partial charge < -0.3 is 10.2 Å². The average Bonchev–Trinajstić information content (AvgIpc) is 3.16. The second-order valence-corrected chi connectivity index (χ2v) is 7.14. The normalized spacial score (nSPS) is 16.4. The van der Waals surface area contributed by atoms with Gasteiger partial charge in [-0.25, -0.2) is 10.5 Å². The van der Waals surface area contributed by atoms with Gasteiger partial charge in [0.1, 0.15) is 5.82 Å². The Hall–Kier alpha value is -2.61. The Morgan fingerprint density at radius 2 is 2.11 bits per heavy atom. The Bertz CT molecular complexity index is 920. The molecule has 1 aromatic heterocycles. The number of halogens is 2. The van der Waals surface area contributed by atoms with Gasteiger partial charge in [-0.1, -0.05) is 29.3 Å². The van der Waals surface area contributed by atoms with E-state index in [4.69, 9.17) is 28.4 Å². The predicted molar refractivity (Wildman–Crippen MR) is 108 cm³/mol. The third kappa shape index (κ3) is 5.01. The lowest BCUT2D eigenvalue weighted by Crippen LogP contribution is -2.31. The van der Waals surface area contributed by atoms with E-state index < -0.39 is 5.91 Å². The number of hydroxylamine groups is 1. The highest BCUT2D eigenvalue weighted by Gasteiger charge is 2.27. The minimum Gasteiger partial charge on any atom is -0.364 e. The number of aromatic nitrogens is 1. The molecule has 1 atom stereocenters. The van der Waals surface area contributed by atoms with Crippen molar-refractivity contribution in [3.8, 4) is 0 Å². The van der Waals surface area contributed by atoms with Gasteiger partial charge in [-0.2, -0.15) is 0 Å². The number of pyridine rings is 1. The number of likely N-dealkylation sites (tertiary alicyclic amines) is 1. The van der Waals surface area contributed by atoms with Crippen LogP contribution in [0, 0.1) is 0 Å². The summed E-state index contributed by atoms with van der Waals surface area (Å²) in [6.45, 7) is 1.15. The van der Waals surface area contributed by atoms with E-state index in [0.29, 0.717) is 40.1 Å². The van der Waals surface area contributed by atoms with Crippen molar-refractivity contribution in [2.24, 2.45) is 0 Å². The molecule has 0 unspecified atom stereocenters. The number of hydrogen-bond acceptors (Lipinski definition) is 5. The fourth-order valence-corrected chi connectivity index (χ4v) is 3.34. The lowest BCUT2D eigenvalue weighted by molar-refractivity contribution is -0.124. The number of carbonyl (C=O) groups is 2. The maximum absolute atomic E-state index is 12.6. The minimum atomic E-state index is -0.645. The number of nitrogens with zero attached hydrogens (tertiary/aromatic N) is 2. The second-order valence-electron chi connectivity index (χ2n) is 6.30. The van der Waals surface area contributed by atoms with Gasteiger partial charge in [-0.15, -0.1) is 0 Å². The molecule has 0 bridgehead atoms. The third-order valence-corrected chi connectivity index (χ3v) is 4.81. The zero-order valence-corrected chi connectivity index (χ0v) is 16.2. The minimum absolute atomic E-state index is 0.0229. The summed E-state index contributed by atoms with van der Waals surface area (Å²) in [6.07, 6.45) is 4.97. The van der Waals surface area contributed by atoms with Gasteiger partial charge in [-0.3, -0.25) is 14.8 Å². The highest BCUT2D eigenvalue weighted by Crippen LogP contribution is 2.24. The number of amides is 2. The van der Waals surface area contributed by atoms with Crippen molar-refractivity contribution in [2.75, 3.05) is 18.4 Å². The van der Waals surface area contributed by atoms with Crippen LogP contribution in [0.25, 0.3) is 6.08 Å². The molecule has 146 valence electrons. The Morgan fingerprint density at radius 3 is 2.82 bits per heavy atom. The summed E-state index contributed by atoms with van der Waals surface area (Å²) in [4.78, 5) is 29.7. The van der Waals surface area contributed by atoms with E-state index in [1.165, 1.54) is 11.6 Å². The van der Waals surface area contributed by atoms with Crippen LogP contribution in [0.15, 0.2) is 42.6 Å². The number of rotatable bonds is 5. The molecule has 2 heterocycles. The number of nitrogens with one attached hydrogen (secondary N) is 2. The summed E-state index contributed by atoms with van der Waals surface area (Å²) in [5, 5.41) is 12.7. The van der Waals surface area contributed by atoms with E-state index in [1.54, 1.807) is 41.4 Å². The summed E-state index contributed by atoms with van der Waals surface area (Å²) in [7, 11) is 0. The first-order chi connectivity index (χ1) is 13.5. The number of benzene rings is 1. The van der Waals surface area contributed by atoms with Crippen molar-refractivity contribution in [3.63, 3.8) is 0 Å². The molecule has 0 radical (unpaired) electrons. The van der Waals surface area contributed by atoms with Crippen molar-refractivity contribution in [1.29, 1.82) is 0 Å². The second kappa shape index (κ2) is 9.05. The van der Waals surface area contributed by atoms with Crippen LogP contribution in [0.1, 0.15) is 22.3 Å². The highest BCUT2D eigenvalue weighted by atomic mass is 35.5. The number of hydrogen-bond donors (Lipinski definition) is 3. The Morgan fingerprint density at radius 1 is 1.29 bits per heavy atom. The van der Waals surface area contributed by atoms with E-state index in [2.05, 4.69) is 10.3 Å². The fraction of sp³-hybridized carbons (Fsp3) is 0.211. The lowest BCUT2D eigenvalue weighted by atomic mass is 10.2. The van der Waals surface area contributed by atoms with Crippen molar-refractivity contribution in [3.05, 3.63) is 63.8 Å². The zero-order chi connectivity index (χ0) is 20.1. The molecule has 1 aliphatic rings. The summed E-state index contributed by atoms with van der Waals surface area (Å²) in [6, 6.07) is 8.57. The average molecular weight is 421 g/mol. The summed E-state index contributed by atoms with van der Waals surface area (Å²) < 4.78 is 0. The van der Waals surface area contributed by atoms with Gasteiger partial charge in [0.25, 0.3) is 11.8 Å². The van der Waals surface area contributed by atoms with Crippen LogP contribution in [0.4, 0.5) is 5.82 Å². The number of carbonyl (C=O) groups excluding carboxylic acids is 2. The topological polar surface area (TPSA) is 94.6 Å². The molecular formula is C19H18Cl2N4O3. The summed E-state index contributed by atoms with van der Waals surface area (Å²) in [5.74, 6) is -0.199. The molecule has 7 nitrogen and oxygen atoms in total. The molecule has 1 aliphatic heterocycles. The maximum Gasteiger partial charge on any atom is 0.267 e. The molecule has 3 rings (SSSR count). The van der Waals surface area contributed by atoms with Crippen LogP contribution in [0.5, 0.6) is 0 Å². The monoisotopic (exact) mass is 420 g/mol. The molecule has 1 aromatic carbocycles. The standard InChI is InChI=1S/C19H18Cl2N4O3/c20-14-3-1-2-13(9-14)19(27)25-7-6-15(11-25)23-18-16(21)8-12(10-22-18)4-5-17(26)24-28/h1-5,8-10,15,28H,6-7,11H2,(H,22,23)(H,24,26)/t15-/m1/s1. The van der Waals surface area contributed by atoms with E-state index in [9.17, 15) is 9.59 Å². The molecule has 2 aromatic rings. The van der Waals surface area contributed by atoms with Crippen LogP contribution in [-0.2, 0) is 4.79 Å². The summed E-state index contributed by atoms with van der Waals surface area (Å²) >= 11 is 12.2. The molecule has 1 fully saturated rings. The molecule has 1 saturated heterocycles. The van der Waals surface area contributed by atoms with E-state index in [1.807, 2.05) is 0 Å². The first-order valence-corrected chi connectivity index (χ1v) is 9.31. The summed E-state index contributed by atoms with van der Waals surface area (Å²) in [5.41, 5.74) is 2.68. The van der Waals surface area contributed by atoms with Gasteiger partial charge >= 0.3 is 0 Å². The zero-order valence-electron chi connectivity index (χ0n) is 14.7. The molecule has 0 aliphatic carbocycles. The number of anilines is 1. The molecular weight excluding hydrogens is 403 g/mol. The molecule has 9 heteroatoms. The van der Waals surface area contributed by atoms with Gasteiger partial charge in [-0.05, 0) is 42.3 Å². The predicted octanol–water partition coefficient (Wildman–Crippen LogP) is 3.23.